The van der Waals surface area contributed by atoms with Gasteiger partial charge in [0.2, 0.25) is 5.91 Å². The van der Waals surface area contributed by atoms with Gasteiger partial charge in [-0.3, -0.25) is 4.79 Å². The van der Waals surface area contributed by atoms with Crippen molar-refractivity contribution in [2.24, 2.45) is 0 Å². The van der Waals surface area contributed by atoms with E-state index in [2.05, 4.69) is 17.4 Å². The first-order valence-electron chi connectivity index (χ1n) is 7.18. The van der Waals surface area contributed by atoms with E-state index in [4.69, 9.17) is 4.52 Å². The minimum absolute atomic E-state index is 0.0391. The predicted octanol–water partition coefficient (Wildman–Crippen LogP) is 3.23. The Kier molecular flexibility index (Phi) is 3.97. The van der Waals surface area contributed by atoms with Crippen LogP contribution in [0.1, 0.15) is 68.9 Å². The second-order valence-electron chi connectivity index (χ2n) is 6.07. The van der Waals surface area contributed by atoms with Crippen molar-refractivity contribution in [2.45, 2.75) is 71.3 Å². The van der Waals surface area contributed by atoms with Crippen LogP contribution in [0.3, 0.4) is 0 Å². The Bertz CT molecular complexity index is 439. The number of hydrogen-bond acceptors (Lipinski definition) is 3. The van der Waals surface area contributed by atoms with E-state index in [-0.39, 0.29) is 17.4 Å². The Hall–Kier alpha value is -1.32. The summed E-state index contributed by atoms with van der Waals surface area (Å²) in [5, 5.41) is 7.16. The van der Waals surface area contributed by atoms with Crippen molar-refractivity contribution < 1.29 is 9.32 Å². The number of nitrogens with zero attached hydrogens (tertiary/aromatic N) is 1. The van der Waals surface area contributed by atoms with Crippen molar-refractivity contribution in [2.75, 3.05) is 0 Å². The number of carbonyl (C=O) groups excluding carboxylic acids is 1. The van der Waals surface area contributed by atoms with Gasteiger partial charge < -0.3 is 9.84 Å². The summed E-state index contributed by atoms with van der Waals surface area (Å²) in [7, 11) is 0. The lowest BCUT2D eigenvalue weighted by Gasteiger charge is -2.35. The standard InChI is InChI=1S/C15H24N2O2/c1-10(13-11(2)17-19-12(13)3)14(18)16-15(4)8-6-5-7-9-15/h10H,5-9H2,1-4H3,(H,16,18)/t10-/m0/s1. The summed E-state index contributed by atoms with van der Waals surface area (Å²) in [6.45, 7) is 7.83. The summed E-state index contributed by atoms with van der Waals surface area (Å²) in [4.78, 5) is 12.4. The molecule has 1 saturated carbocycles. The second-order valence-corrected chi connectivity index (χ2v) is 6.07. The van der Waals surface area contributed by atoms with Crippen molar-refractivity contribution in [3.8, 4) is 0 Å². The van der Waals surface area contributed by atoms with Crippen LogP contribution in [0.2, 0.25) is 0 Å². The fraction of sp³-hybridized carbons (Fsp3) is 0.733. The molecule has 1 aliphatic rings. The molecule has 0 saturated heterocycles. The SMILES string of the molecule is Cc1noc(C)c1[C@H](C)C(=O)NC1(C)CCCCC1. The average molecular weight is 264 g/mol. The number of rotatable bonds is 3. The highest BCUT2D eigenvalue weighted by molar-refractivity contribution is 5.84. The monoisotopic (exact) mass is 264 g/mol. The molecule has 1 N–H and O–H groups in total. The van der Waals surface area contributed by atoms with Crippen LogP contribution in [0.5, 0.6) is 0 Å². The third-order valence-corrected chi connectivity index (χ3v) is 4.30. The molecule has 0 radical (unpaired) electrons. The number of hydrogen-bond donors (Lipinski definition) is 1. The largest absolute Gasteiger partial charge is 0.361 e. The summed E-state index contributed by atoms with van der Waals surface area (Å²) in [6.07, 6.45) is 5.85. The van der Waals surface area contributed by atoms with Gasteiger partial charge in [0.15, 0.2) is 0 Å². The van der Waals surface area contributed by atoms with E-state index in [1.54, 1.807) is 0 Å². The van der Waals surface area contributed by atoms with Gasteiger partial charge in [0, 0.05) is 11.1 Å². The molecule has 106 valence electrons. The molecule has 0 aliphatic heterocycles. The fourth-order valence-corrected chi connectivity index (χ4v) is 3.10. The summed E-state index contributed by atoms with van der Waals surface area (Å²) >= 11 is 0. The third kappa shape index (κ3) is 2.99. The van der Waals surface area contributed by atoms with Crippen molar-refractivity contribution in [1.82, 2.24) is 10.5 Å². The molecule has 0 bridgehead atoms. The van der Waals surface area contributed by atoms with E-state index in [1.165, 1.54) is 19.3 Å². The van der Waals surface area contributed by atoms with Crippen LogP contribution in [0.25, 0.3) is 0 Å². The molecule has 1 aromatic heterocycles. The normalized spacial score (nSPS) is 20.0. The first-order valence-corrected chi connectivity index (χ1v) is 7.18. The van der Waals surface area contributed by atoms with Gasteiger partial charge >= 0.3 is 0 Å². The molecule has 19 heavy (non-hydrogen) atoms. The van der Waals surface area contributed by atoms with Gasteiger partial charge in [-0.1, -0.05) is 24.4 Å². The smallest absolute Gasteiger partial charge is 0.227 e. The molecule has 0 aromatic carbocycles. The summed E-state index contributed by atoms with van der Waals surface area (Å²) in [5.74, 6) is 0.623. The Balaban J connectivity index is 2.07. The first kappa shape index (κ1) is 14.1. The number of nitrogens with one attached hydrogen (secondary N) is 1. The topological polar surface area (TPSA) is 55.1 Å². The highest BCUT2D eigenvalue weighted by atomic mass is 16.5. The zero-order chi connectivity index (χ0) is 14.0. The molecular weight excluding hydrogens is 240 g/mol. The molecule has 2 rings (SSSR count). The van der Waals surface area contributed by atoms with Crippen molar-refractivity contribution in [3.63, 3.8) is 0 Å². The molecule has 1 fully saturated rings. The minimum Gasteiger partial charge on any atom is -0.361 e. The van der Waals surface area contributed by atoms with Gasteiger partial charge in [-0.2, -0.15) is 0 Å². The van der Waals surface area contributed by atoms with E-state index < -0.39 is 0 Å². The van der Waals surface area contributed by atoms with Gasteiger partial charge in [-0.05, 0) is 40.5 Å². The molecule has 1 amide bonds. The second kappa shape index (κ2) is 5.35. The quantitative estimate of drug-likeness (QED) is 0.911. The third-order valence-electron chi connectivity index (χ3n) is 4.30. The summed E-state index contributed by atoms with van der Waals surface area (Å²) < 4.78 is 5.15. The lowest BCUT2D eigenvalue weighted by atomic mass is 9.82. The van der Waals surface area contributed by atoms with Crippen molar-refractivity contribution in [1.29, 1.82) is 0 Å². The summed E-state index contributed by atoms with van der Waals surface area (Å²) in [6, 6.07) is 0. The maximum Gasteiger partial charge on any atom is 0.227 e. The Labute approximate surface area is 114 Å². The van der Waals surface area contributed by atoms with Crippen LogP contribution in [-0.2, 0) is 4.79 Å². The van der Waals surface area contributed by atoms with Crippen LogP contribution in [0.4, 0.5) is 0 Å². The van der Waals surface area contributed by atoms with Gasteiger partial charge in [0.05, 0.1) is 11.6 Å². The lowest BCUT2D eigenvalue weighted by Crippen LogP contribution is -2.48. The fourth-order valence-electron chi connectivity index (χ4n) is 3.10. The first-order chi connectivity index (χ1) is 8.93. The van der Waals surface area contributed by atoms with E-state index in [0.717, 1.165) is 29.9 Å². The number of aryl methyl sites for hydroxylation is 2. The van der Waals surface area contributed by atoms with Crippen molar-refractivity contribution >= 4 is 5.91 Å². The number of carbonyl (C=O) groups is 1. The molecule has 4 heteroatoms. The van der Waals surface area contributed by atoms with Crippen LogP contribution in [0.15, 0.2) is 4.52 Å². The highest BCUT2D eigenvalue weighted by Gasteiger charge is 2.31. The van der Waals surface area contributed by atoms with E-state index in [0.29, 0.717) is 0 Å². The Morgan fingerprint density at radius 1 is 1.32 bits per heavy atom. The van der Waals surface area contributed by atoms with E-state index in [9.17, 15) is 4.79 Å². The maximum atomic E-state index is 12.4. The zero-order valence-corrected chi connectivity index (χ0v) is 12.4. The molecule has 4 nitrogen and oxygen atoms in total. The van der Waals surface area contributed by atoms with Crippen LogP contribution < -0.4 is 5.32 Å². The summed E-state index contributed by atoms with van der Waals surface area (Å²) in [5.41, 5.74) is 1.70. The predicted molar refractivity (Wildman–Crippen MR) is 74.0 cm³/mol. The van der Waals surface area contributed by atoms with Crippen molar-refractivity contribution in [3.05, 3.63) is 17.0 Å². The average Bonchev–Trinajstić information content (AvgIpc) is 2.68. The molecule has 0 unspecified atom stereocenters. The zero-order valence-electron chi connectivity index (χ0n) is 12.4. The minimum atomic E-state index is -0.204. The van der Waals surface area contributed by atoms with Gasteiger partial charge in [-0.25, -0.2) is 0 Å². The van der Waals surface area contributed by atoms with Crippen LogP contribution in [-0.4, -0.2) is 16.6 Å². The number of aromatic nitrogens is 1. The van der Waals surface area contributed by atoms with E-state index >= 15 is 0 Å². The molecule has 0 spiro atoms. The highest BCUT2D eigenvalue weighted by Crippen LogP contribution is 2.29. The molecule has 1 heterocycles. The van der Waals surface area contributed by atoms with E-state index in [1.807, 2.05) is 20.8 Å². The molecule has 1 aromatic rings. The Morgan fingerprint density at radius 3 is 2.47 bits per heavy atom. The van der Waals surface area contributed by atoms with Gasteiger partial charge in [0.1, 0.15) is 5.76 Å². The van der Waals surface area contributed by atoms with Crippen LogP contribution >= 0.6 is 0 Å². The number of amides is 1. The van der Waals surface area contributed by atoms with Gasteiger partial charge in [-0.15, -0.1) is 0 Å². The molecular formula is C15H24N2O2. The maximum absolute atomic E-state index is 12.4. The van der Waals surface area contributed by atoms with Gasteiger partial charge in [0.25, 0.3) is 0 Å². The molecule has 1 atom stereocenters. The Morgan fingerprint density at radius 2 is 1.95 bits per heavy atom. The molecule has 1 aliphatic carbocycles. The lowest BCUT2D eigenvalue weighted by molar-refractivity contribution is -0.124. The van der Waals surface area contributed by atoms with Crippen LogP contribution in [0, 0.1) is 13.8 Å².